The maximum Gasteiger partial charge on any atom is 0.255 e. The minimum Gasteiger partial charge on any atom is -0.497 e. The van der Waals surface area contributed by atoms with E-state index in [0.29, 0.717) is 26.9 Å². The molecule has 2 aromatic rings. The second-order valence-electron chi connectivity index (χ2n) is 4.02. The van der Waals surface area contributed by atoms with Crippen LogP contribution in [0.15, 0.2) is 47.4 Å². The number of carbonyl (C=O) groups is 1. The fraction of sp³-hybridized carbons (Fsp3) is 0.0667. The number of nitrogens with zero attached hydrogens (tertiary/aromatic N) is 1. The second kappa shape index (κ2) is 7.02. The first-order chi connectivity index (χ1) is 10.1. The summed E-state index contributed by atoms with van der Waals surface area (Å²) < 4.78 is 5.04. The maximum absolute atomic E-state index is 12.1. The van der Waals surface area contributed by atoms with Crippen molar-refractivity contribution in [1.29, 1.82) is 5.26 Å². The number of thiocyanates is 1. The molecule has 0 heterocycles. The molecule has 21 heavy (non-hydrogen) atoms. The van der Waals surface area contributed by atoms with Crippen LogP contribution in [0, 0.1) is 10.7 Å². The summed E-state index contributed by atoms with van der Waals surface area (Å²) in [4.78, 5) is 12.7. The number of benzene rings is 2. The van der Waals surface area contributed by atoms with E-state index < -0.39 is 0 Å². The predicted molar refractivity (Wildman–Crippen MR) is 83.9 cm³/mol. The summed E-state index contributed by atoms with van der Waals surface area (Å²) in [5.74, 6) is 0.446. The average Bonchev–Trinajstić information content (AvgIpc) is 2.50. The summed E-state index contributed by atoms with van der Waals surface area (Å²) in [6.45, 7) is 0. The normalized spacial score (nSPS) is 9.76. The van der Waals surface area contributed by atoms with E-state index in [1.54, 1.807) is 49.6 Å². The van der Waals surface area contributed by atoms with Gasteiger partial charge in [-0.05, 0) is 54.2 Å². The molecule has 0 spiro atoms. The summed E-state index contributed by atoms with van der Waals surface area (Å²) in [5.41, 5.74) is 1.09. The van der Waals surface area contributed by atoms with Crippen molar-refractivity contribution in [2.24, 2.45) is 0 Å². The summed E-state index contributed by atoms with van der Waals surface area (Å²) in [6.07, 6.45) is 0. The Bertz CT molecular complexity index is 696. The van der Waals surface area contributed by atoms with Crippen LogP contribution < -0.4 is 10.1 Å². The van der Waals surface area contributed by atoms with Crippen molar-refractivity contribution >= 4 is 35.0 Å². The second-order valence-corrected chi connectivity index (χ2v) is 5.25. The summed E-state index contributed by atoms with van der Waals surface area (Å²) >= 11 is 7.01. The van der Waals surface area contributed by atoms with Gasteiger partial charge >= 0.3 is 0 Å². The average molecular weight is 319 g/mol. The van der Waals surface area contributed by atoms with Crippen LogP contribution in [0.4, 0.5) is 5.69 Å². The standard InChI is InChI=1S/C15H11ClN2O2S/c1-20-12-5-2-10(3-6-12)15(19)18-11-4-7-14(21-9-17)13(16)8-11/h2-8H,1H3,(H,18,19). The van der Waals surface area contributed by atoms with Crippen molar-refractivity contribution in [2.75, 3.05) is 12.4 Å². The lowest BCUT2D eigenvalue weighted by Gasteiger charge is -2.07. The number of hydrogen-bond acceptors (Lipinski definition) is 4. The molecule has 0 aliphatic heterocycles. The number of nitrogens with one attached hydrogen (secondary N) is 1. The first-order valence-corrected chi connectivity index (χ1v) is 7.14. The molecule has 4 nitrogen and oxygen atoms in total. The zero-order valence-corrected chi connectivity index (χ0v) is 12.7. The molecule has 0 saturated carbocycles. The molecular formula is C15H11ClN2O2S. The van der Waals surface area contributed by atoms with E-state index in [1.165, 1.54) is 0 Å². The van der Waals surface area contributed by atoms with Crippen LogP contribution >= 0.6 is 23.4 Å². The lowest BCUT2D eigenvalue weighted by molar-refractivity contribution is 0.102. The van der Waals surface area contributed by atoms with Gasteiger partial charge in [-0.2, -0.15) is 5.26 Å². The molecule has 2 aromatic carbocycles. The summed E-state index contributed by atoms with van der Waals surface area (Å²) in [6, 6.07) is 11.8. The van der Waals surface area contributed by atoms with Crippen molar-refractivity contribution in [2.45, 2.75) is 4.90 Å². The minimum absolute atomic E-state index is 0.241. The lowest BCUT2D eigenvalue weighted by atomic mass is 10.2. The highest BCUT2D eigenvalue weighted by molar-refractivity contribution is 8.03. The van der Waals surface area contributed by atoms with Crippen molar-refractivity contribution < 1.29 is 9.53 Å². The van der Waals surface area contributed by atoms with Crippen LogP contribution in [0.3, 0.4) is 0 Å². The highest BCUT2D eigenvalue weighted by Gasteiger charge is 2.08. The molecule has 1 amide bonds. The largest absolute Gasteiger partial charge is 0.497 e. The third kappa shape index (κ3) is 3.91. The Hall–Kier alpha value is -2.16. The highest BCUT2D eigenvalue weighted by Crippen LogP contribution is 2.29. The fourth-order valence-corrected chi connectivity index (χ4v) is 2.34. The third-order valence-corrected chi connectivity index (χ3v) is 3.79. The molecular weight excluding hydrogens is 308 g/mol. The van der Waals surface area contributed by atoms with E-state index in [1.807, 2.05) is 5.40 Å². The van der Waals surface area contributed by atoms with Gasteiger partial charge in [0.1, 0.15) is 11.2 Å². The molecule has 0 unspecified atom stereocenters. The van der Waals surface area contributed by atoms with Gasteiger partial charge in [0.15, 0.2) is 0 Å². The number of anilines is 1. The monoisotopic (exact) mass is 318 g/mol. The van der Waals surface area contributed by atoms with E-state index in [4.69, 9.17) is 21.6 Å². The van der Waals surface area contributed by atoms with Crippen LogP contribution in [0.5, 0.6) is 5.75 Å². The Morgan fingerprint density at radius 3 is 2.57 bits per heavy atom. The maximum atomic E-state index is 12.1. The Kier molecular flexibility index (Phi) is 5.09. The first kappa shape index (κ1) is 15.2. The Morgan fingerprint density at radius 2 is 2.00 bits per heavy atom. The number of halogens is 1. The van der Waals surface area contributed by atoms with Crippen molar-refractivity contribution in [3.05, 3.63) is 53.1 Å². The topological polar surface area (TPSA) is 62.1 Å². The van der Waals surface area contributed by atoms with Crippen LogP contribution in [-0.4, -0.2) is 13.0 Å². The van der Waals surface area contributed by atoms with Gasteiger partial charge in [-0.3, -0.25) is 4.79 Å². The molecule has 0 radical (unpaired) electrons. The van der Waals surface area contributed by atoms with Gasteiger partial charge in [0.25, 0.3) is 5.91 Å². The van der Waals surface area contributed by atoms with E-state index in [2.05, 4.69) is 5.32 Å². The van der Waals surface area contributed by atoms with Gasteiger partial charge in [-0.25, -0.2) is 0 Å². The highest BCUT2D eigenvalue weighted by atomic mass is 35.5. The zero-order valence-electron chi connectivity index (χ0n) is 11.1. The molecule has 0 aromatic heterocycles. The minimum atomic E-state index is -0.241. The number of hydrogen-bond donors (Lipinski definition) is 1. The molecule has 106 valence electrons. The fourth-order valence-electron chi connectivity index (χ4n) is 1.66. The number of nitriles is 1. The quantitative estimate of drug-likeness (QED) is 0.678. The van der Waals surface area contributed by atoms with Crippen LogP contribution in [-0.2, 0) is 0 Å². The smallest absolute Gasteiger partial charge is 0.255 e. The number of ether oxygens (including phenoxy) is 1. The van der Waals surface area contributed by atoms with Crippen LogP contribution in [0.1, 0.15) is 10.4 Å². The lowest BCUT2D eigenvalue weighted by Crippen LogP contribution is -2.11. The Labute approximate surface area is 131 Å². The van der Waals surface area contributed by atoms with E-state index >= 15 is 0 Å². The Balaban J connectivity index is 2.12. The van der Waals surface area contributed by atoms with Crippen LogP contribution in [0.2, 0.25) is 5.02 Å². The van der Waals surface area contributed by atoms with Gasteiger partial charge in [0, 0.05) is 16.1 Å². The first-order valence-electron chi connectivity index (χ1n) is 5.95. The Morgan fingerprint density at radius 1 is 1.29 bits per heavy atom. The molecule has 0 aliphatic rings. The van der Waals surface area contributed by atoms with Gasteiger partial charge < -0.3 is 10.1 Å². The third-order valence-electron chi connectivity index (χ3n) is 2.70. The molecule has 0 saturated heterocycles. The molecule has 1 N–H and O–H groups in total. The molecule has 0 bridgehead atoms. The SMILES string of the molecule is COc1ccc(C(=O)Nc2ccc(SC#N)c(Cl)c2)cc1. The van der Waals surface area contributed by atoms with Gasteiger partial charge in [0.2, 0.25) is 0 Å². The number of amides is 1. The van der Waals surface area contributed by atoms with Gasteiger partial charge in [-0.15, -0.1) is 0 Å². The molecule has 0 fully saturated rings. The number of thioether (sulfide) groups is 1. The van der Waals surface area contributed by atoms with Crippen molar-refractivity contribution in [1.82, 2.24) is 0 Å². The number of rotatable bonds is 4. The predicted octanol–water partition coefficient (Wildman–Crippen LogP) is 4.17. The van der Waals surface area contributed by atoms with Crippen molar-refractivity contribution in [3.63, 3.8) is 0 Å². The van der Waals surface area contributed by atoms with Gasteiger partial charge in [-0.1, -0.05) is 11.6 Å². The van der Waals surface area contributed by atoms with E-state index in [0.717, 1.165) is 11.8 Å². The van der Waals surface area contributed by atoms with Crippen LogP contribution in [0.25, 0.3) is 0 Å². The molecule has 0 aliphatic carbocycles. The summed E-state index contributed by atoms with van der Waals surface area (Å²) in [5, 5.41) is 13.8. The molecule has 0 atom stereocenters. The number of methoxy groups -OCH3 is 1. The zero-order chi connectivity index (χ0) is 15.2. The van der Waals surface area contributed by atoms with E-state index in [-0.39, 0.29) is 5.91 Å². The molecule has 2 rings (SSSR count). The number of carbonyl (C=O) groups excluding carboxylic acids is 1. The van der Waals surface area contributed by atoms with Gasteiger partial charge in [0.05, 0.1) is 12.1 Å². The summed E-state index contributed by atoms with van der Waals surface area (Å²) in [7, 11) is 1.57. The van der Waals surface area contributed by atoms with Crippen molar-refractivity contribution in [3.8, 4) is 11.2 Å². The van der Waals surface area contributed by atoms with E-state index in [9.17, 15) is 4.79 Å². The molecule has 6 heteroatoms.